The molecule has 5 rings (SSSR count). The van der Waals surface area contributed by atoms with Gasteiger partial charge in [0.05, 0.1) is 16.9 Å². The van der Waals surface area contributed by atoms with Gasteiger partial charge in [-0.1, -0.05) is 78.4 Å². The Morgan fingerprint density at radius 1 is 0.889 bits per heavy atom. The summed E-state index contributed by atoms with van der Waals surface area (Å²) in [6, 6.07) is 30.0. The van der Waals surface area contributed by atoms with Gasteiger partial charge in [0.1, 0.15) is 0 Å². The molecular weight excluding hydrogens is 490 g/mol. The zero-order valence-corrected chi connectivity index (χ0v) is 21.5. The van der Waals surface area contributed by atoms with Gasteiger partial charge in [-0.2, -0.15) is 4.31 Å². The van der Waals surface area contributed by atoms with Crippen molar-refractivity contribution >= 4 is 38.5 Å². The van der Waals surface area contributed by atoms with E-state index in [0.29, 0.717) is 6.42 Å². The highest BCUT2D eigenvalue weighted by atomic mass is 32.2. The Hall–Kier alpha value is -3.13. The van der Waals surface area contributed by atoms with Crippen LogP contribution in [0.2, 0.25) is 0 Å². The molecule has 36 heavy (non-hydrogen) atoms. The summed E-state index contributed by atoms with van der Waals surface area (Å²) in [7, 11) is -3.91. The van der Waals surface area contributed by atoms with Crippen LogP contribution in [0.3, 0.4) is 0 Å². The smallest absolute Gasteiger partial charge is 0.308 e. The number of rotatable bonds is 6. The predicted molar refractivity (Wildman–Crippen MR) is 144 cm³/mol. The molecule has 1 aliphatic rings. The Kier molecular flexibility index (Phi) is 6.88. The van der Waals surface area contributed by atoms with Gasteiger partial charge < -0.3 is 5.11 Å². The molecule has 0 radical (unpaired) electrons. The van der Waals surface area contributed by atoms with Crippen molar-refractivity contribution in [3.63, 3.8) is 0 Å². The number of hydrogen-bond donors (Lipinski definition) is 1. The molecule has 1 fully saturated rings. The van der Waals surface area contributed by atoms with Gasteiger partial charge in [0.2, 0.25) is 10.0 Å². The number of aryl methyl sites for hydroxylation is 1. The lowest BCUT2D eigenvalue weighted by Gasteiger charge is -2.41. The molecule has 0 aliphatic carbocycles. The van der Waals surface area contributed by atoms with Gasteiger partial charge in [-0.25, -0.2) is 8.42 Å². The topological polar surface area (TPSA) is 74.7 Å². The fraction of sp³-hybridized carbons (Fsp3) is 0.207. The summed E-state index contributed by atoms with van der Waals surface area (Å²) in [6.07, 6.45) is 0.392. The molecule has 0 aromatic heterocycles. The van der Waals surface area contributed by atoms with Crippen molar-refractivity contribution in [1.29, 1.82) is 0 Å². The quantitative estimate of drug-likeness (QED) is 0.332. The summed E-state index contributed by atoms with van der Waals surface area (Å²) in [5, 5.41) is 12.1. The van der Waals surface area contributed by atoms with Gasteiger partial charge in [-0.15, -0.1) is 11.8 Å². The fourth-order valence-corrected chi connectivity index (χ4v) is 7.80. The van der Waals surface area contributed by atoms with Crippen molar-refractivity contribution in [3.8, 4) is 0 Å². The Balaban J connectivity index is 1.53. The summed E-state index contributed by atoms with van der Waals surface area (Å²) in [5.74, 6) is -1.83. The van der Waals surface area contributed by atoms with Crippen LogP contribution in [-0.4, -0.2) is 35.6 Å². The molecule has 0 saturated carbocycles. The van der Waals surface area contributed by atoms with Crippen molar-refractivity contribution in [3.05, 3.63) is 108 Å². The summed E-state index contributed by atoms with van der Waals surface area (Å²) < 4.78 is 29.0. The predicted octanol–water partition coefficient (Wildman–Crippen LogP) is 6.15. The van der Waals surface area contributed by atoms with Crippen molar-refractivity contribution < 1.29 is 18.3 Å². The Morgan fingerprint density at radius 2 is 1.56 bits per heavy atom. The van der Waals surface area contributed by atoms with Crippen LogP contribution in [0.15, 0.2) is 107 Å². The molecule has 0 bridgehead atoms. The van der Waals surface area contributed by atoms with E-state index in [1.54, 1.807) is 24.3 Å². The van der Waals surface area contributed by atoms with Gasteiger partial charge in [-0.05, 0) is 53.9 Å². The summed E-state index contributed by atoms with van der Waals surface area (Å²) in [5.41, 5.74) is 1.82. The zero-order valence-electron chi connectivity index (χ0n) is 19.8. The fourth-order valence-electron chi connectivity index (χ4n) is 4.81. The minimum absolute atomic E-state index is 0.0870. The van der Waals surface area contributed by atoms with Crippen molar-refractivity contribution in [1.82, 2.24) is 4.31 Å². The molecule has 184 valence electrons. The third-order valence-electron chi connectivity index (χ3n) is 6.77. The Morgan fingerprint density at radius 3 is 2.25 bits per heavy atom. The van der Waals surface area contributed by atoms with Gasteiger partial charge in [0, 0.05) is 16.7 Å². The maximum Gasteiger partial charge on any atom is 0.308 e. The van der Waals surface area contributed by atoms with Gasteiger partial charge in [-0.3, -0.25) is 4.79 Å². The van der Waals surface area contributed by atoms with Gasteiger partial charge >= 0.3 is 5.97 Å². The van der Waals surface area contributed by atoms with E-state index in [2.05, 4.69) is 6.07 Å². The molecule has 4 aromatic carbocycles. The van der Waals surface area contributed by atoms with E-state index in [0.717, 1.165) is 26.8 Å². The molecule has 5 nitrogen and oxygen atoms in total. The van der Waals surface area contributed by atoms with Crippen molar-refractivity contribution in [2.24, 2.45) is 5.92 Å². The van der Waals surface area contributed by atoms with Crippen LogP contribution in [0, 0.1) is 12.8 Å². The first-order chi connectivity index (χ1) is 17.3. The number of benzene rings is 4. The third-order valence-corrected chi connectivity index (χ3v) is 10.0. The SMILES string of the molecule is Cc1ccc(S(=O)(=O)N2C[C@@H](C(=O)O)[C@H](Sc3ccc4ccccc4c3)C[C@H]2c2ccccc2)cc1. The summed E-state index contributed by atoms with van der Waals surface area (Å²) in [4.78, 5) is 13.6. The number of piperidine rings is 1. The van der Waals surface area contributed by atoms with E-state index in [1.165, 1.54) is 16.1 Å². The second kappa shape index (κ2) is 10.1. The highest BCUT2D eigenvalue weighted by molar-refractivity contribution is 8.00. The average molecular weight is 518 g/mol. The molecular formula is C29H27NO4S2. The summed E-state index contributed by atoms with van der Waals surface area (Å²) >= 11 is 1.52. The lowest BCUT2D eigenvalue weighted by atomic mass is 9.90. The van der Waals surface area contributed by atoms with E-state index in [9.17, 15) is 18.3 Å². The molecule has 3 atom stereocenters. The van der Waals surface area contributed by atoms with Crippen LogP contribution in [0.5, 0.6) is 0 Å². The zero-order chi connectivity index (χ0) is 25.3. The van der Waals surface area contributed by atoms with Gasteiger partial charge in [0.15, 0.2) is 0 Å². The lowest BCUT2D eigenvalue weighted by Crippen LogP contribution is -2.49. The van der Waals surface area contributed by atoms with E-state index in [1.807, 2.05) is 73.7 Å². The minimum Gasteiger partial charge on any atom is -0.481 e. The Bertz CT molecular complexity index is 1490. The van der Waals surface area contributed by atoms with E-state index in [-0.39, 0.29) is 16.7 Å². The second-order valence-electron chi connectivity index (χ2n) is 9.16. The molecule has 1 saturated heterocycles. The maximum atomic E-state index is 13.8. The van der Waals surface area contributed by atoms with Crippen LogP contribution in [-0.2, 0) is 14.8 Å². The second-order valence-corrected chi connectivity index (χ2v) is 12.4. The minimum atomic E-state index is -3.91. The van der Waals surface area contributed by atoms with Gasteiger partial charge in [0.25, 0.3) is 0 Å². The first-order valence-corrected chi connectivity index (χ1v) is 14.2. The van der Waals surface area contributed by atoms with E-state index in [4.69, 9.17) is 0 Å². The van der Waals surface area contributed by atoms with E-state index >= 15 is 0 Å². The molecule has 0 unspecified atom stereocenters. The monoisotopic (exact) mass is 517 g/mol. The van der Waals surface area contributed by atoms with Crippen LogP contribution >= 0.6 is 11.8 Å². The van der Waals surface area contributed by atoms with E-state index < -0.39 is 28.0 Å². The Labute approximate surface area is 215 Å². The number of carbonyl (C=O) groups is 1. The highest BCUT2D eigenvalue weighted by Gasteiger charge is 2.45. The van der Waals surface area contributed by atoms with Crippen LogP contribution < -0.4 is 0 Å². The van der Waals surface area contributed by atoms with Crippen molar-refractivity contribution in [2.75, 3.05) is 6.54 Å². The standard InChI is InChI=1S/C29H27NO4S2/c1-20-11-15-25(16-12-20)36(33,34)30-19-26(29(31)32)28(18-27(30)22-8-3-2-4-9-22)35-24-14-13-21-7-5-6-10-23(21)17-24/h2-17,26-28H,18-19H2,1H3,(H,31,32)/t26-,27+,28-/m1/s1. The average Bonchev–Trinajstić information content (AvgIpc) is 2.89. The molecule has 1 heterocycles. The number of hydrogen-bond acceptors (Lipinski definition) is 4. The van der Waals surface area contributed by atoms with Crippen LogP contribution in [0.25, 0.3) is 10.8 Å². The van der Waals surface area contributed by atoms with Crippen molar-refractivity contribution in [2.45, 2.75) is 34.4 Å². The number of thioether (sulfide) groups is 1. The number of sulfonamides is 1. The summed E-state index contributed by atoms with van der Waals surface area (Å²) in [6.45, 7) is 1.81. The number of carboxylic acids is 1. The number of carboxylic acid groups (broad SMARTS) is 1. The molecule has 0 amide bonds. The highest BCUT2D eigenvalue weighted by Crippen LogP contribution is 2.44. The third kappa shape index (κ3) is 4.91. The molecule has 7 heteroatoms. The first kappa shape index (κ1) is 24.6. The molecule has 1 aliphatic heterocycles. The largest absolute Gasteiger partial charge is 0.481 e. The molecule has 4 aromatic rings. The number of nitrogens with zero attached hydrogens (tertiary/aromatic N) is 1. The normalized spacial score (nSPS) is 20.9. The first-order valence-electron chi connectivity index (χ1n) is 11.8. The number of fused-ring (bicyclic) bond motifs is 1. The number of aliphatic carboxylic acids is 1. The van der Waals surface area contributed by atoms with Crippen LogP contribution in [0.4, 0.5) is 0 Å². The molecule has 0 spiro atoms. The lowest BCUT2D eigenvalue weighted by molar-refractivity contribution is -0.143. The molecule has 1 N–H and O–H groups in total. The van der Waals surface area contributed by atoms with Crippen LogP contribution in [0.1, 0.15) is 23.6 Å². The maximum absolute atomic E-state index is 13.8.